The van der Waals surface area contributed by atoms with Crippen molar-refractivity contribution in [2.24, 2.45) is 0 Å². The molecule has 0 saturated carbocycles. The number of hydrogen-bond donors (Lipinski definition) is 1. The van der Waals surface area contributed by atoms with Gasteiger partial charge in [0.05, 0.1) is 4.91 Å². The molecule has 0 aliphatic carbocycles. The number of halogens is 2. The minimum atomic E-state index is -0.621. The van der Waals surface area contributed by atoms with E-state index in [1.165, 1.54) is 42.5 Å². The number of imide groups is 1. The Labute approximate surface area is 179 Å². The quantitative estimate of drug-likeness (QED) is 0.571. The fourth-order valence-electron chi connectivity index (χ4n) is 2.84. The van der Waals surface area contributed by atoms with E-state index in [-0.39, 0.29) is 10.7 Å². The highest BCUT2D eigenvalue weighted by Gasteiger charge is 2.36. The molecule has 0 spiro atoms. The Morgan fingerprint density at radius 2 is 1.61 bits per heavy atom. The number of rotatable bonds is 5. The summed E-state index contributed by atoms with van der Waals surface area (Å²) in [7, 11) is 0. The Morgan fingerprint density at radius 1 is 0.968 bits per heavy atom. The number of hydrogen-bond acceptors (Lipinski definition) is 5. The zero-order chi connectivity index (χ0) is 22.0. The highest BCUT2D eigenvalue weighted by Crippen LogP contribution is 2.33. The summed E-state index contributed by atoms with van der Waals surface area (Å²) in [4.78, 5) is 37.9. The van der Waals surface area contributed by atoms with Gasteiger partial charge in [0.2, 0.25) is 5.91 Å². The molecular weight excluding hydrogens is 426 g/mol. The highest BCUT2D eigenvalue weighted by molar-refractivity contribution is 8.18. The van der Waals surface area contributed by atoms with Gasteiger partial charge >= 0.3 is 0 Å². The summed E-state index contributed by atoms with van der Waals surface area (Å²) >= 11 is 0.693. The van der Waals surface area contributed by atoms with Crippen molar-refractivity contribution in [1.82, 2.24) is 4.90 Å². The lowest BCUT2D eigenvalue weighted by molar-refractivity contribution is -0.127. The molecule has 2 aromatic carbocycles. The van der Waals surface area contributed by atoms with E-state index in [1.807, 2.05) is 0 Å². The summed E-state index contributed by atoms with van der Waals surface area (Å²) in [6, 6.07) is 14.1. The Bertz CT molecular complexity index is 1190. The zero-order valence-electron chi connectivity index (χ0n) is 15.8. The van der Waals surface area contributed by atoms with E-state index in [0.29, 0.717) is 34.5 Å². The van der Waals surface area contributed by atoms with Gasteiger partial charge in [0.25, 0.3) is 11.1 Å². The minimum Gasteiger partial charge on any atom is -0.457 e. The van der Waals surface area contributed by atoms with E-state index in [0.717, 1.165) is 4.90 Å². The van der Waals surface area contributed by atoms with Crippen LogP contribution in [0.2, 0.25) is 0 Å². The first-order chi connectivity index (χ1) is 14.9. The Balaban J connectivity index is 1.44. The second-order valence-electron chi connectivity index (χ2n) is 6.53. The molecule has 1 aliphatic rings. The molecule has 6 nitrogen and oxygen atoms in total. The fraction of sp³-hybridized carbons (Fsp3) is 0.0455. The molecule has 31 heavy (non-hydrogen) atoms. The van der Waals surface area contributed by atoms with Crippen molar-refractivity contribution < 1.29 is 27.6 Å². The molecule has 0 radical (unpaired) electrons. The maximum atomic E-state index is 13.1. The fourth-order valence-corrected chi connectivity index (χ4v) is 3.66. The van der Waals surface area contributed by atoms with Crippen molar-refractivity contribution in [2.45, 2.75) is 0 Å². The predicted molar refractivity (Wildman–Crippen MR) is 112 cm³/mol. The van der Waals surface area contributed by atoms with Gasteiger partial charge in [0, 0.05) is 17.3 Å². The third kappa shape index (κ3) is 4.72. The van der Waals surface area contributed by atoms with Crippen LogP contribution in [-0.2, 0) is 9.59 Å². The van der Waals surface area contributed by atoms with E-state index in [2.05, 4.69) is 5.32 Å². The molecule has 2 heterocycles. The van der Waals surface area contributed by atoms with Crippen LogP contribution in [0, 0.1) is 11.6 Å². The van der Waals surface area contributed by atoms with Gasteiger partial charge in [0.15, 0.2) is 0 Å². The van der Waals surface area contributed by atoms with Gasteiger partial charge in [0.1, 0.15) is 29.7 Å². The summed E-state index contributed by atoms with van der Waals surface area (Å²) in [6.45, 7) is -0.474. The molecule has 1 aliphatic heterocycles. The first-order valence-electron chi connectivity index (χ1n) is 9.05. The van der Waals surface area contributed by atoms with E-state index < -0.39 is 29.4 Å². The van der Waals surface area contributed by atoms with Gasteiger partial charge in [-0.1, -0.05) is 0 Å². The number of amides is 3. The first kappa shape index (κ1) is 20.5. The van der Waals surface area contributed by atoms with Crippen molar-refractivity contribution in [3.63, 3.8) is 0 Å². The van der Waals surface area contributed by atoms with E-state index in [9.17, 15) is 23.2 Å². The number of carbonyl (C=O) groups is 3. The molecule has 1 N–H and O–H groups in total. The summed E-state index contributed by atoms with van der Waals surface area (Å²) < 4.78 is 31.7. The molecular formula is C22H14F2N2O4S. The molecule has 156 valence electrons. The number of furan rings is 1. The maximum absolute atomic E-state index is 13.1. The molecule has 0 bridgehead atoms. The van der Waals surface area contributed by atoms with E-state index in [4.69, 9.17) is 4.42 Å². The summed E-state index contributed by atoms with van der Waals surface area (Å²) in [5.41, 5.74) is 1.00. The molecule has 9 heteroatoms. The predicted octanol–water partition coefficient (Wildman–Crippen LogP) is 4.90. The number of nitrogens with one attached hydrogen (secondary N) is 1. The Morgan fingerprint density at radius 3 is 2.29 bits per heavy atom. The number of thioether (sulfide) groups is 1. The van der Waals surface area contributed by atoms with Crippen LogP contribution >= 0.6 is 11.8 Å². The normalized spacial score (nSPS) is 15.0. The van der Waals surface area contributed by atoms with Crippen molar-refractivity contribution in [2.75, 3.05) is 11.9 Å². The van der Waals surface area contributed by atoms with E-state index >= 15 is 0 Å². The van der Waals surface area contributed by atoms with Crippen molar-refractivity contribution in [3.05, 3.63) is 83.0 Å². The Kier molecular flexibility index (Phi) is 5.68. The number of nitrogens with zero attached hydrogens (tertiary/aromatic N) is 1. The maximum Gasteiger partial charge on any atom is 0.294 e. The molecule has 4 rings (SSSR count). The smallest absolute Gasteiger partial charge is 0.294 e. The van der Waals surface area contributed by atoms with Crippen LogP contribution in [0.5, 0.6) is 0 Å². The lowest BCUT2D eigenvalue weighted by Gasteiger charge is -2.12. The topological polar surface area (TPSA) is 79.6 Å². The molecule has 0 unspecified atom stereocenters. The third-order valence-electron chi connectivity index (χ3n) is 4.33. The largest absolute Gasteiger partial charge is 0.457 e. The zero-order valence-corrected chi connectivity index (χ0v) is 16.6. The molecule has 3 aromatic rings. The first-order valence-corrected chi connectivity index (χ1v) is 9.87. The minimum absolute atomic E-state index is 0.111. The van der Waals surface area contributed by atoms with Crippen molar-refractivity contribution >= 4 is 40.6 Å². The van der Waals surface area contributed by atoms with Gasteiger partial charge in [-0.3, -0.25) is 19.3 Å². The van der Waals surface area contributed by atoms with Crippen LogP contribution in [0.4, 0.5) is 19.3 Å². The molecule has 3 amide bonds. The van der Waals surface area contributed by atoms with Gasteiger partial charge < -0.3 is 9.73 Å². The second-order valence-corrected chi connectivity index (χ2v) is 7.53. The highest BCUT2D eigenvalue weighted by atomic mass is 32.2. The van der Waals surface area contributed by atoms with Gasteiger partial charge in [-0.15, -0.1) is 0 Å². The van der Waals surface area contributed by atoms with Crippen LogP contribution in [0.15, 0.2) is 70.0 Å². The second kappa shape index (κ2) is 8.57. The standard InChI is InChI=1S/C22H14F2N2O4S/c23-14-3-1-13(2-4-14)18-10-9-17(30-18)11-19-21(28)26(22(29)31-19)12-20(27)25-16-7-5-15(24)6-8-16/h1-11H,12H2,(H,25,27)/b19-11-. The van der Waals surface area contributed by atoms with Crippen LogP contribution in [0.3, 0.4) is 0 Å². The van der Waals surface area contributed by atoms with Crippen LogP contribution < -0.4 is 5.32 Å². The monoisotopic (exact) mass is 440 g/mol. The summed E-state index contributed by atoms with van der Waals surface area (Å²) in [6.07, 6.45) is 1.41. The lowest BCUT2D eigenvalue weighted by atomic mass is 10.2. The summed E-state index contributed by atoms with van der Waals surface area (Å²) in [5.74, 6) is -1.22. The number of carbonyl (C=O) groups excluding carboxylic acids is 3. The molecule has 0 atom stereocenters. The van der Waals surface area contributed by atoms with Gasteiger partial charge in [-0.25, -0.2) is 8.78 Å². The Hall–Kier alpha value is -3.72. The van der Waals surface area contributed by atoms with Gasteiger partial charge in [-0.05, 0) is 72.4 Å². The number of benzene rings is 2. The van der Waals surface area contributed by atoms with Crippen LogP contribution in [0.25, 0.3) is 17.4 Å². The molecule has 1 aromatic heterocycles. The lowest BCUT2D eigenvalue weighted by Crippen LogP contribution is -2.36. The third-order valence-corrected chi connectivity index (χ3v) is 5.24. The van der Waals surface area contributed by atoms with Crippen LogP contribution in [-0.4, -0.2) is 28.5 Å². The summed E-state index contributed by atoms with van der Waals surface area (Å²) in [5, 5.41) is 1.91. The number of anilines is 1. The van der Waals surface area contributed by atoms with Crippen molar-refractivity contribution in [3.8, 4) is 11.3 Å². The van der Waals surface area contributed by atoms with Crippen LogP contribution in [0.1, 0.15) is 5.76 Å². The average molecular weight is 440 g/mol. The average Bonchev–Trinajstić information content (AvgIpc) is 3.31. The van der Waals surface area contributed by atoms with Gasteiger partial charge in [-0.2, -0.15) is 0 Å². The SMILES string of the molecule is O=C(CN1C(=O)S/C(=C\c2ccc(-c3ccc(F)cc3)o2)C1=O)Nc1ccc(F)cc1. The molecule has 1 saturated heterocycles. The molecule has 1 fully saturated rings. The van der Waals surface area contributed by atoms with E-state index in [1.54, 1.807) is 24.3 Å². The van der Waals surface area contributed by atoms with Crippen molar-refractivity contribution in [1.29, 1.82) is 0 Å².